The van der Waals surface area contributed by atoms with Crippen LogP contribution in [0.1, 0.15) is 40.0 Å². The predicted molar refractivity (Wildman–Crippen MR) is 106 cm³/mol. The zero-order valence-corrected chi connectivity index (χ0v) is 16.3. The normalized spacial score (nSPS) is 11.9. The van der Waals surface area contributed by atoms with Crippen molar-refractivity contribution >= 4 is 5.91 Å². The molecule has 3 rings (SSSR count). The van der Waals surface area contributed by atoms with Gasteiger partial charge in [-0.1, -0.05) is 36.8 Å². The maximum absolute atomic E-state index is 13.0. The molecule has 0 saturated carbocycles. The molecule has 0 aliphatic carbocycles. The van der Waals surface area contributed by atoms with E-state index in [-0.39, 0.29) is 24.4 Å². The maximum atomic E-state index is 13.0. The molecular weight excluding hydrogens is 357 g/mol. The standard InChI is InChI=1S/C22H24FN3O2/c1-15-4-9-21(16(2)12-15)28-14-26-11-10-20(25-26)22(27)24-13-17(3)18-5-7-19(23)8-6-18/h4-12,17H,13-14H2,1-3H3,(H,24,27). The van der Waals surface area contributed by atoms with Crippen LogP contribution < -0.4 is 10.1 Å². The Bertz CT molecular complexity index is 951. The number of ether oxygens (including phenoxy) is 1. The lowest BCUT2D eigenvalue weighted by Crippen LogP contribution is -2.28. The van der Waals surface area contributed by atoms with Crippen molar-refractivity contribution in [1.82, 2.24) is 15.1 Å². The fourth-order valence-corrected chi connectivity index (χ4v) is 2.90. The van der Waals surface area contributed by atoms with Crippen LogP contribution in [-0.4, -0.2) is 22.2 Å². The third kappa shape index (κ3) is 4.97. The first-order chi connectivity index (χ1) is 13.4. The first-order valence-corrected chi connectivity index (χ1v) is 9.19. The van der Waals surface area contributed by atoms with Crippen molar-refractivity contribution in [2.75, 3.05) is 6.54 Å². The molecule has 1 N–H and O–H groups in total. The Morgan fingerprint density at radius 3 is 2.64 bits per heavy atom. The van der Waals surface area contributed by atoms with Crippen LogP contribution in [0.25, 0.3) is 0 Å². The maximum Gasteiger partial charge on any atom is 0.271 e. The van der Waals surface area contributed by atoms with Crippen molar-refractivity contribution < 1.29 is 13.9 Å². The summed E-state index contributed by atoms with van der Waals surface area (Å²) < 4.78 is 20.4. The lowest BCUT2D eigenvalue weighted by Gasteiger charge is -2.12. The number of benzene rings is 2. The number of halogens is 1. The summed E-state index contributed by atoms with van der Waals surface area (Å²) in [6.45, 7) is 6.67. The van der Waals surface area contributed by atoms with Gasteiger partial charge >= 0.3 is 0 Å². The van der Waals surface area contributed by atoms with Crippen molar-refractivity contribution in [3.05, 3.63) is 82.9 Å². The average Bonchev–Trinajstić information content (AvgIpc) is 3.15. The number of amides is 1. The summed E-state index contributed by atoms with van der Waals surface area (Å²) in [6.07, 6.45) is 1.71. The second kappa shape index (κ2) is 8.69. The zero-order valence-electron chi connectivity index (χ0n) is 16.3. The molecule has 0 spiro atoms. The molecule has 0 fully saturated rings. The number of nitrogens with zero attached hydrogens (tertiary/aromatic N) is 2. The molecule has 0 radical (unpaired) electrons. The molecule has 6 heteroatoms. The van der Waals surface area contributed by atoms with Crippen molar-refractivity contribution in [3.63, 3.8) is 0 Å². The van der Waals surface area contributed by atoms with Crippen LogP contribution in [0.3, 0.4) is 0 Å². The van der Waals surface area contributed by atoms with E-state index in [1.807, 2.05) is 32.9 Å². The summed E-state index contributed by atoms with van der Waals surface area (Å²) in [5.41, 5.74) is 3.53. The highest BCUT2D eigenvalue weighted by Crippen LogP contribution is 2.19. The van der Waals surface area contributed by atoms with E-state index in [9.17, 15) is 9.18 Å². The van der Waals surface area contributed by atoms with Gasteiger partial charge in [0.25, 0.3) is 5.91 Å². The van der Waals surface area contributed by atoms with Gasteiger partial charge in [-0.15, -0.1) is 0 Å². The number of hydrogen-bond donors (Lipinski definition) is 1. The molecule has 0 aliphatic heterocycles. The van der Waals surface area contributed by atoms with E-state index >= 15 is 0 Å². The van der Waals surface area contributed by atoms with Gasteiger partial charge in [-0.05, 0) is 55.2 Å². The van der Waals surface area contributed by atoms with E-state index < -0.39 is 0 Å². The number of nitrogens with one attached hydrogen (secondary N) is 1. The quantitative estimate of drug-likeness (QED) is 0.667. The van der Waals surface area contributed by atoms with Crippen LogP contribution in [-0.2, 0) is 6.73 Å². The monoisotopic (exact) mass is 381 g/mol. The Kier molecular flexibility index (Phi) is 6.09. The molecule has 5 nitrogen and oxygen atoms in total. The number of aromatic nitrogens is 2. The molecule has 28 heavy (non-hydrogen) atoms. The number of carbonyl (C=O) groups excluding carboxylic acids is 1. The predicted octanol–water partition coefficient (Wildman–Crippen LogP) is 4.21. The van der Waals surface area contributed by atoms with Crippen LogP contribution in [0.2, 0.25) is 0 Å². The Hall–Kier alpha value is -3.15. The van der Waals surface area contributed by atoms with Gasteiger partial charge in [-0.25, -0.2) is 9.07 Å². The Balaban J connectivity index is 1.52. The smallest absolute Gasteiger partial charge is 0.271 e. The van der Waals surface area contributed by atoms with Gasteiger partial charge in [-0.3, -0.25) is 4.79 Å². The SMILES string of the molecule is Cc1ccc(OCn2ccc(C(=O)NCC(C)c3ccc(F)cc3)n2)c(C)c1. The van der Waals surface area contributed by atoms with Crippen molar-refractivity contribution in [2.45, 2.75) is 33.4 Å². The lowest BCUT2D eigenvalue weighted by atomic mass is 10.0. The zero-order chi connectivity index (χ0) is 20.1. The Labute approximate surface area is 164 Å². The fourth-order valence-electron chi connectivity index (χ4n) is 2.90. The molecule has 0 saturated heterocycles. The van der Waals surface area contributed by atoms with Gasteiger partial charge in [0.1, 0.15) is 17.3 Å². The summed E-state index contributed by atoms with van der Waals surface area (Å²) in [7, 11) is 0. The molecule has 1 atom stereocenters. The summed E-state index contributed by atoms with van der Waals surface area (Å²) >= 11 is 0. The molecule has 146 valence electrons. The first kappa shape index (κ1) is 19.6. The third-order valence-electron chi connectivity index (χ3n) is 4.56. The van der Waals surface area contributed by atoms with E-state index in [4.69, 9.17) is 4.74 Å². The van der Waals surface area contributed by atoms with Crippen molar-refractivity contribution in [1.29, 1.82) is 0 Å². The topological polar surface area (TPSA) is 56.1 Å². The van der Waals surface area contributed by atoms with Gasteiger partial charge in [0.2, 0.25) is 0 Å². The number of hydrogen-bond acceptors (Lipinski definition) is 3. The van der Waals surface area contributed by atoms with E-state index in [0.717, 1.165) is 16.9 Å². The summed E-state index contributed by atoms with van der Waals surface area (Å²) in [5.74, 6) is 0.340. The van der Waals surface area contributed by atoms with Crippen molar-refractivity contribution in [3.8, 4) is 5.75 Å². The summed E-state index contributed by atoms with van der Waals surface area (Å²) in [4.78, 5) is 12.3. The fraction of sp³-hybridized carbons (Fsp3) is 0.273. The Morgan fingerprint density at radius 2 is 1.93 bits per heavy atom. The highest BCUT2D eigenvalue weighted by molar-refractivity contribution is 5.92. The highest BCUT2D eigenvalue weighted by atomic mass is 19.1. The summed E-state index contributed by atoms with van der Waals surface area (Å²) in [5, 5.41) is 7.13. The van der Waals surface area contributed by atoms with Crippen LogP contribution in [0.4, 0.5) is 4.39 Å². The number of aryl methyl sites for hydroxylation is 2. The molecule has 1 unspecified atom stereocenters. The van der Waals surface area contributed by atoms with Gasteiger partial charge in [0.15, 0.2) is 6.73 Å². The number of carbonyl (C=O) groups is 1. The lowest BCUT2D eigenvalue weighted by molar-refractivity contribution is 0.0944. The molecule has 0 bridgehead atoms. The molecule has 1 heterocycles. The second-order valence-corrected chi connectivity index (χ2v) is 6.95. The number of rotatable bonds is 7. The van der Waals surface area contributed by atoms with Gasteiger partial charge in [0, 0.05) is 12.7 Å². The van der Waals surface area contributed by atoms with Crippen LogP contribution in [0, 0.1) is 19.7 Å². The largest absolute Gasteiger partial charge is 0.471 e. The van der Waals surface area contributed by atoms with Gasteiger partial charge in [0.05, 0.1) is 0 Å². The third-order valence-corrected chi connectivity index (χ3v) is 4.56. The van der Waals surface area contributed by atoms with Crippen LogP contribution in [0.5, 0.6) is 5.75 Å². The molecule has 2 aromatic carbocycles. The molecular formula is C22H24FN3O2. The van der Waals surface area contributed by atoms with E-state index in [1.54, 1.807) is 29.1 Å². The average molecular weight is 381 g/mol. The van der Waals surface area contributed by atoms with Crippen LogP contribution in [0.15, 0.2) is 54.7 Å². The first-order valence-electron chi connectivity index (χ1n) is 9.19. The minimum Gasteiger partial charge on any atom is -0.471 e. The van der Waals surface area contributed by atoms with Gasteiger partial charge < -0.3 is 10.1 Å². The van der Waals surface area contributed by atoms with E-state index in [2.05, 4.69) is 16.5 Å². The molecule has 1 amide bonds. The van der Waals surface area contributed by atoms with E-state index in [1.165, 1.54) is 17.7 Å². The molecule has 3 aromatic rings. The molecule has 0 aliphatic rings. The van der Waals surface area contributed by atoms with E-state index in [0.29, 0.717) is 12.2 Å². The molecule has 1 aromatic heterocycles. The Morgan fingerprint density at radius 1 is 1.18 bits per heavy atom. The highest BCUT2D eigenvalue weighted by Gasteiger charge is 2.12. The van der Waals surface area contributed by atoms with Crippen LogP contribution >= 0.6 is 0 Å². The minimum absolute atomic E-state index is 0.0690. The summed E-state index contributed by atoms with van der Waals surface area (Å²) in [6, 6.07) is 13.9. The van der Waals surface area contributed by atoms with Crippen molar-refractivity contribution in [2.24, 2.45) is 0 Å². The minimum atomic E-state index is -0.270. The second-order valence-electron chi connectivity index (χ2n) is 6.95. The van der Waals surface area contributed by atoms with Gasteiger partial charge in [-0.2, -0.15) is 5.10 Å².